The van der Waals surface area contributed by atoms with Gasteiger partial charge in [0.25, 0.3) is 0 Å². The Balaban J connectivity index is 1.99. The first-order valence-electron chi connectivity index (χ1n) is 6.21. The highest BCUT2D eigenvalue weighted by atomic mass is 79.9. The molecule has 3 rings (SSSR count). The molecule has 0 saturated heterocycles. The summed E-state index contributed by atoms with van der Waals surface area (Å²) in [5.74, 6) is 0.799. The monoisotopic (exact) mass is 371 g/mol. The van der Waals surface area contributed by atoms with E-state index in [4.69, 9.17) is 33.7 Å². The molecule has 5 heteroatoms. The Hall–Kier alpha value is -0.740. The third-order valence-corrected chi connectivity index (χ3v) is 4.49. The van der Waals surface area contributed by atoms with Gasteiger partial charge in [-0.05, 0) is 36.4 Å². The summed E-state index contributed by atoms with van der Waals surface area (Å²) >= 11 is 15.7. The summed E-state index contributed by atoms with van der Waals surface area (Å²) in [7, 11) is 0. The molecule has 0 aromatic heterocycles. The molecule has 1 aliphatic rings. The maximum Gasteiger partial charge on any atom is 0.127 e. The Bertz CT molecular complexity index is 662. The quantitative estimate of drug-likeness (QED) is 0.738. The van der Waals surface area contributed by atoms with Crippen molar-refractivity contribution in [3.8, 4) is 5.75 Å². The maximum atomic E-state index is 6.25. The number of benzene rings is 2. The van der Waals surface area contributed by atoms with Gasteiger partial charge >= 0.3 is 0 Å². The molecule has 0 bridgehead atoms. The predicted octanol–water partition coefficient (Wildman–Crippen LogP) is 5.28. The van der Waals surface area contributed by atoms with Crippen LogP contribution in [0.4, 0.5) is 0 Å². The van der Waals surface area contributed by atoms with E-state index >= 15 is 0 Å². The number of rotatable bonds is 1. The van der Waals surface area contributed by atoms with Crippen molar-refractivity contribution in [2.75, 3.05) is 0 Å². The van der Waals surface area contributed by atoms with Crippen LogP contribution in [0.15, 0.2) is 40.9 Å². The normalized spacial score (nSPS) is 21.2. The van der Waals surface area contributed by atoms with Crippen LogP contribution in [0.5, 0.6) is 5.75 Å². The Kier molecular flexibility index (Phi) is 3.95. The van der Waals surface area contributed by atoms with E-state index < -0.39 is 0 Å². The van der Waals surface area contributed by atoms with Gasteiger partial charge in [-0.2, -0.15) is 0 Å². The largest absolute Gasteiger partial charge is 0.485 e. The molecule has 0 saturated carbocycles. The van der Waals surface area contributed by atoms with Crippen molar-refractivity contribution in [3.05, 3.63) is 62.0 Å². The molecule has 2 atom stereocenters. The Morgan fingerprint density at radius 1 is 1.10 bits per heavy atom. The minimum absolute atomic E-state index is 0.0868. The van der Waals surface area contributed by atoms with E-state index in [9.17, 15) is 0 Å². The number of hydrogen-bond acceptors (Lipinski definition) is 2. The molecule has 104 valence electrons. The lowest BCUT2D eigenvalue weighted by atomic mass is 9.93. The summed E-state index contributed by atoms with van der Waals surface area (Å²) in [4.78, 5) is 0. The van der Waals surface area contributed by atoms with Crippen LogP contribution >= 0.6 is 39.1 Å². The van der Waals surface area contributed by atoms with Crippen molar-refractivity contribution in [3.63, 3.8) is 0 Å². The fraction of sp³-hybridized carbons (Fsp3) is 0.200. The lowest BCUT2D eigenvalue weighted by Gasteiger charge is -2.31. The number of halogens is 3. The van der Waals surface area contributed by atoms with Crippen LogP contribution in [0.1, 0.15) is 29.7 Å². The first-order valence-corrected chi connectivity index (χ1v) is 7.76. The second-order valence-corrected chi connectivity index (χ2v) is 6.56. The topological polar surface area (TPSA) is 35.2 Å². The fourth-order valence-corrected chi connectivity index (χ4v) is 3.23. The Labute approximate surface area is 136 Å². The smallest absolute Gasteiger partial charge is 0.127 e. The van der Waals surface area contributed by atoms with Gasteiger partial charge in [0, 0.05) is 38.1 Å². The first-order chi connectivity index (χ1) is 9.54. The zero-order chi connectivity index (χ0) is 14.3. The molecule has 20 heavy (non-hydrogen) atoms. The molecule has 0 amide bonds. The number of hydrogen-bond donors (Lipinski definition) is 1. The average molecular weight is 373 g/mol. The van der Waals surface area contributed by atoms with Crippen LogP contribution in [0.25, 0.3) is 0 Å². The van der Waals surface area contributed by atoms with E-state index in [-0.39, 0.29) is 12.1 Å². The molecule has 2 aromatic rings. The third kappa shape index (κ3) is 2.68. The summed E-state index contributed by atoms with van der Waals surface area (Å²) in [5.41, 5.74) is 8.14. The predicted molar refractivity (Wildman–Crippen MR) is 85.5 cm³/mol. The van der Waals surface area contributed by atoms with Crippen LogP contribution in [0.2, 0.25) is 10.0 Å². The lowest BCUT2D eigenvalue weighted by Crippen LogP contribution is -2.24. The van der Waals surface area contributed by atoms with Gasteiger partial charge in [0.1, 0.15) is 11.9 Å². The van der Waals surface area contributed by atoms with E-state index in [0.29, 0.717) is 16.5 Å². The third-order valence-electron chi connectivity index (χ3n) is 3.41. The van der Waals surface area contributed by atoms with Crippen molar-refractivity contribution in [1.29, 1.82) is 0 Å². The number of nitrogens with two attached hydrogens (primary N) is 1. The highest BCUT2D eigenvalue weighted by Crippen LogP contribution is 2.42. The Morgan fingerprint density at radius 2 is 1.90 bits per heavy atom. The maximum absolute atomic E-state index is 6.25. The van der Waals surface area contributed by atoms with Crippen LogP contribution < -0.4 is 10.5 Å². The van der Waals surface area contributed by atoms with Gasteiger partial charge in [-0.3, -0.25) is 0 Å². The van der Waals surface area contributed by atoms with Crippen molar-refractivity contribution >= 4 is 39.1 Å². The molecule has 1 unspecified atom stereocenters. The van der Waals surface area contributed by atoms with Gasteiger partial charge in [-0.1, -0.05) is 39.1 Å². The van der Waals surface area contributed by atoms with E-state index in [1.54, 1.807) is 12.1 Å². The molecule has 2 aromatic carbocycles. The second-order valence-electron chi connectivity index (χ2n) is 4.80. The van der Waals surface area contributed by atoms with Gasteiger partial charge in [-0.15, -0.1) is 0 Å². The lowest BCUT2D eigenvalue weighted by molar-refractivity contribution is 0.161. The van der Waals surface area contributed by atoms with Gasteiger partial charge < -0.3 is 10.5 Å². The molecular formula is C15H12BrCl2NO. The van der Waals surface area contributed by atoms with Crippen molar-refractivity contribution in [2.24, 2.45) is 5.73 Å². The fourth-order valence-electron chi connectivity index (χ4n) is 2.43. The minimum atomic E-state index is -0.176. The van der Waals surface area contributed by atoms with Gasteiger partial charge in [0.15, 0.2) is 0 Å². The molecule has 0 fully saturated rings. The van der Waals surface area contributed by atoms with Gasteiger partial charge in [-0.25, -0.2) is 0 Å². The standard InChI is InChI=1S/C15H12BrCl2NO/c16-8-1-4-14-11(5-8)13(19)7-15(20-14)10-6-9(17)2-3-12(10)18/h1-6,13,15H,7,19H2/t13-,15?/m0/s1. The summed E-state index contributed by atoms with van der Waals surface area (Å²) in [6.07, 6.45) is 0.494. The first kappa shape index (κ1) is 14.2. The minimum Gasteiger partial charge on any atom is -0.485 e. The molecule has 0 radical (unpaired) electrons. The van der Waals surface area contributed by atoms with Crippen molar-refractivity contribution in [1.82, 2.24) is 0 Å². The molecule has 1 heterocycles. The average Bonchev–Trinajstić information content (AvgIpc) is 2.42. The van der Waals surface area contributed by atoms with E-state index in [2.05, 4.69) is 15.9 Å². The summed E-state index contributed by atoms with van der Waals surface area (Å²) < 4.78 is 7.03. The van der Waals surface area contributed by atoms with Crippen LogP contribution in [0.3, 0.4) is 0 Å². The molecule has 0 spiro atoms. The van der Waals surface area contributed by atoms with Gasteiger partial charge in [0.2, 0.25) is 0 Å². The zero-order valence-corrected chi connectivity index (χ0v) is 13.5. The summed E-state index contributed by atoms with van der Waals surface area (Å²) in [6.45, 7) is 0. The summed E-state index contributed by atoms with van der Waals surface area (Å²) in [5, 5.41) is 1.29. The SMILES string of the molecule is N[C@H]1CC(c2cc(Cl)ccc2Cl)Oc2ccc(Br)cc21. The second kappa shape index (κ2) is 5.57. The molecule has 0 aliphatic carbocycles. The van der Waals surface area contributed by atoms with E-state index in [0.717, 1.165) is 21.3 Å². The van der Waals surface area contributed by atoms with Crippen LogP contribution in [0, 0.1) is 0 Å². The van der Waals surface area contributed by atoms with Gasteiger partial charge in [0.05, 0.1) is 0 Å². The highest BCUT2D eigenvalue weighted by molar-refractivity contribution is 9.10. The van der Waals surface area contributed by atoms with E-state index in [1.165, 1.54) is 0 Å². The van der Waals surface area contributed by atoms with E-state index in [1.807, 2.05) is 24.3 Å². The van der Waals surface area contributed by atoms with Crippen LogP contribution in [-0.2, 0) is 0 Å². The van der Waals surface area contributed by atoms with Crippen LogP contribution in [-0.4, -0.2) is 0 Å². The molecule has 1 aliphatic heterocycles. The Morgan fingerprint density at radius 3 is 2.70 bits per heavy atom. The molecule has 2 N–H and O–H groups in total. The molecular weight excluding hydrogens is 361 g/mol. The molecule has 2 nitrogen and oxygen atoms in total. The number of fused-ring (bicyclic) bond motifs is 1. The summed E-state index contributed by atoms with van der Waals surface area (Å²) in [6, 6.07) is 11.2. The highest BCUT2D eigenvalue weighted by Gasteiger charge is 2.28. The number of ether oxygens (including phenoxy) is 1. The van der Waals surface area contributed by atoms with Crippen molar-refractivity contribution in [2.45, 2.75) is 18.6 Å². The zero-order valence-electron chi connectivity index (χ0n) is 10.4. The van der Waals surface area contributed by atoms with Crippen molar-refractivity contribution < 1.29 is 4.74 Å².